The second-order valence-electron chi connectivity index (χ2n) is 13.2. The number of carbonyl (C=O) groups is 7. The molecule has 0 saturated heterocycles. The summed E-state index contributed by atoms with van der Waals surface area (Å²) in [6, 6.07) is -2.62. The van der Waals surface area contributed by atoms with Gasteiger partial charge in [0, 0.05) is 51.1 Å². The van der Waals surface area contributed by atoms with Crippen molar-refractivity contribution in [1.82, 2.24) is 25.5 Å². The molecule has 4 amide bonds. The fourth-order valence-corrected chi connectivity index (χ4v) is 6.47. The third-order valence-corrected chi connectivity index (χ3v) is 9.24. The summed E-state index contributed by atoms with van der Waals surface area (Å²) in [7, 11) is -3.02. The highest BCUT2D eigenvalue weighted by atomic mass is 31.2. The lowest BCUT2D eigenvalue weighted by Crippen LogP contribution is -2.50. The molecule has 0 aliphatic carbocycles. The van der Waals surface area contributed by atoms with Gasteiger partial charge in [-0.25, -0.2) is 4.98 Å². The molecule has 0 aromatic carbocycles. The van der Waals surface area contributed by atoms with Crippen molar-refractivity contribution >= 4 is 48.6 Å². The Hall–Kier alpha value is -3.67. The number of nitrogens with zero attached hydrogens (tertiary/aromatic N) is 2. The van der Waals surface area contributed by atoms with E-state index in [1.54, 1.807) is 0 Å². The minimum atomic E-state index is -4.51. The van der Waals surface area contributed by atoms with Gasteiger partial charge < -0.3 is 40.0 Å². The molecule has 0 saturated carbocycles. The van der Waals surface area contributed by atoms with Crippen molar-refractivity contribution in [2.75, 3.05) is 46.2 Å². The molecule has 18 nitrogen and oxygen atoms in total. The third kappa shape index (κ3) is 17.7. The Morgan fingerprint density at radius 2 is 1.62 bits per heavy atom. The molecule has 19 heteroatoms. The summed E-state index contributed by atoms with van der Waals surface area (Å²) in [4.78, 5) is 117. The predicted octanol–water partition coefficient (Wildman–Crippen LogP) is -0.0580. The number of aromatic nitrogens is 2. The molecule has 0 aliphatic heterocycles. The lowest BCUT2D eigenvalue weighted by Gasteiger charge is -2.26. The topological polar surface area (TPSA) is 272 Å². The molecule has 1 rings (SSSR count). The average Bonchev–Trinajstić information content (AvgIpc) is 3.55. The number of imidazole rings is 1. The molecule has 52 heavy (non-hydrogen) atoms. The molecule has 0 bridgehead atoms. The van der Waals surface area contributed by atoms with Gasteiger partial charge in [-0.05, 0) is 25.2 Å². The van der Waals surface area contributed by atoms with E-state index in [0.717, 1.165) is 11.8 Å². The maximum Gasteiger partial charge on any atom is 0.325 e. The Labute approximate surface area is 303 Å². The van der Waals surface area contributed by atoms with Gasteiger partial charge >= 0.3 is 7.60 Å². The number of hydrogen-bond donors (Lipinski definition) is 6. The van der Waals surface area contributed by atoms with Crippen LogP contribution in [0, 0.1) is 23.7 Å². The van der Waals surface area contributed by atoms with Crippen LogP contribution in [0.15, 0.2) is 12.5 Å². The number of aliphatic hydroxyl groups excluding tert-OH is 1. The summed E-state index contributed by atoms with van der Waals surface area (Å²) in [6.07, 6.45) is 1.14. The molecule has 1 aromatic heterocycles. The highest BCUT2D eigenvalue weighted by Gasteiger charge is 2.35. The number of carbonyl (C=O) groups excluding carboxylic acids is 7. The Bertz CT molecular complexity index is 1400. The van der Waals surface area contributed by atoms with E-state index >= 15 is 0 Å². The van der Waals surface area contributed by atoms with Crippen LogP contribution in [0.4, 0.5) is 0 Å². The minimum Gasteiger partial charge on any atom is -0.394 e. The summed E-state index contributed by atoms with van der Waals surface area (Å²) in [5, 5.41) is 15.0. The van der Waals surface area contributed by atoms with Gasteiger partial charge in [0.25, 0.3) is 0 Å². The molecule has 0 fully saturated rings. The second-order valence-corrected chi connectivity index (χ2v) is 14.9. The molecular formula is C33H54N5O13P. The van der Waals surface area contributed by atoms with Crippen LogP contribution in [-0.2, 0) is 54.0 Å². The van der Waals surface area contributed by atoms with Gasteiger partial charge in [0.15, 0.2) is 11.6 Å². The Morgan fingerprint density at radius 1 is 0.962 bits per heavy atom. The molecule has 5 atom stereocenters. The maximum atomic E-state index is 13.7. The van der Waals surface area contributed by atoms with E-state index in [1.807, 2.05) is 13.8 Å². The van der Waals surface area contributed by atoms with Crippen molar-refractivity contribution in [3.63, 3.8) is 0 Å². The predicted molar refractivity (Wildman–Crippen MR) is 185 cm³/mol. The van der Waals surface area contributed by atoms with E-state index in [9.17, 15) is 53.0 Å². The van der Waals surface area contributed by atoms with Gasteiger partial charge in [0.05, 0.1) is 57.3 Å². The van der Waals surface area contributed by atoms with Crippen LogP contribution in [0.5, 0.6) is 0 Å². The largest absolute Gasteiger partial charge is 0.394 e. The number of nitrogens with one attached hydrogen (secondary N) is 3. The first-order valence-electron chi connectivity index (χ1n) is 16.9. The van der Waals surface area contributed by atoms with E-state index in [0.29, 0.717) is 12.3 Å². The zero-order valence-electron chi connectivity index (χ0n) is 30.7. The van der Waals surface area contributed by atoms with Gasteiger partial charge in [0.1, 0.15) is 18.4 Å². The van der Waals surface area contributed by atoms with Crippen LogP contribution in [0.3, 0.4) is 0 Å². The monoisotopic (exact) mass is 759 g/mol. The van der Waals surface area contributed by atoms with Crippen LogP contribution in [0.2, 0.25) is 0 Å². The van der Waals surface area contributed by atoms with Gasteiger partial charge in [-0.2, -0.15) is 0 Å². The van der Waals surface area contributed by atoms with E-state index in [-0.39, 0.29) is 38.4 Å². The Balaban J connectivity index is 3.15. The highest BCUT2D eigenvalue weighted by molar-refractivity contribution is 7.51. The van der Waals surface area contributed by atoms with Crippen molar-refractivity contribution < 1.29 is 62.5 Å². The molecule has 294 valence electrons. The number of amides is 4. The number of aliphatic hydroxyl groups is 1. The van der Waals surface area contributed by atoms with Gasteiger partial charge in [0.2, 0.25) is 23.6 Å². The molecule has 0 aliphatic rings. The SMILES string of the molecule is COCCOCCC(=O)N(CC(=O)N[C@@H](CC(C)C)C(=O)C[C@@H](Cc1cnc[nH]1)C(=O)N[C@@H](CO)C(=O)C[C@H](C(C)=O)[C@@H](C)CP(=O)(O)O)C(C)=O. The number of ketones is 3. The van der Waals surface area contributed by atoms with Crippen molar-refractivity contribution in [2.45, 2.75) is 78.8 Å². The van der Waals surface area contributed by atoms with E-state index in [4.69, 9.17) is 9.47 Å². The number of rotatable bonds is 26. The van der Waals surface area contributed by atoms with Gasteiger partial charge in [-0.3, -0.25) is 43.0 Å². The van der Waals surface area contributed by atoms with Crippen LogP contribution < -0.4 is 10.6 Å². The fourth-order valence-electron chi connectivity index (χ4n) is 5.47. The first-order valence-corrected chi connectivity index (χ1v) is 18.7. The molecular weight excluding hydrogens is 705 g/mol. The summed E-state index contributed by atoms with van der Waals surface area (Å²) in [5.41, 5.74) is 0.467. The van der Waals surface area contributed by atoms with Crippen LogP contribution in [0.25, 0.3) is 0 Å². The number of imide groups is 1. The smallest absolute Gasteiger partial charge is 0.325 e. The molecule has 0 unspecified atom stereocenters. The summed E-state index contributed by atoms with van der Waals surface area (Å²) in [6.45, 7) is 6.37. The summed E-state index contributed by atoms with van der Waals surface area (Å²) >= 11 is 0. The van der Waals surface area contributed by atoms with Crippen molar-refractivity contribution in [3.8, 4) is 0 Å². The van der Waals surface area contributed by atoms with Crippen molar-refractivity contribution in [1.29, 1.82) is 0 Å². The van der Waals surface area contributed by atoms with Crippen molar-refractivity contribution in [2.24, 2.45) is 23.7 Å². The number of H-pyrrole nitrogens is 1. The quantitative estimate of drug-likeness (QED) is 0.0534. The van der Waals surface area contributed by atoms with E-state index in [2.05, 4.69) is 20.6 Å². The maximum absolute atomic E-state index is 13.7. The van der Waals surface area contributed by atoms with Crippen LogP contribution in [0.1, 0.15) is 66.0 Å². The van der Waals surface area contributed by atoms with E-state index in [1.165, 1.54) is 33.5 Å². The average molecular weight is 760 g/mol. The standard InChI is InChI=1S/C33H54N5O13P/c1-20(2)11-27(36-31(44)16-38(23(5)41)32(45)7-8-51-10-9-50-6)29(42)13-24(12-25-15-34-19-35-25)33(46)37-28(17-39)30(43)14-26(22(4)40)21(3)18-52(47,48)49/h15,19-21,24,26-28,39H,7-14,16-18H2,1-6H3,(H,34,35)(H,36,44)(H,37,46)(H2,47,48,49)/t21-,24+,26-,27-,28-/m0/s1. The molecule has 6 N–H and O–H groups in total. The zero-order chi connectivity index (χ0) is 39.6. The Morgan fingerprint density at radius 3 is 2.13 bits per heavy atom. The van der Waals surface area contributed by atoms with Crippen molar-refractivity contribution in [3.05, 3.63) is 18.2 Å². The molecule has 1 aromatic rings. The number of aromatic amines is 1. The van der Waals surface area contributed by atoms with E-state index < -0.39 is 111 Å². The molecule has 0 spiro atoms. The van der Waals surface area contributed by atoms with Crippen LogP contribution >= 0.6 is 7.60 Å². The van der Waals surface area contributed by atoms with Crippen LogP contribution in [-0.4, -0.2) is 129 Å². The van der Waals surface area contributed by atoms with Gasteiger partial charge in [-0.1, -0.05) is 20.8 Å². The number of ether oxygens (including phenoxy) is 2. The fraction of sp³-hybridized carbons (Fsp3) is 0.697. The first kappa shape index (κ1) is 46.4. The molecule has 0 radical (unpaired) electrons. The minimum absolute atomic E-state index is 0.00237. The Kier molecular flexibility index (Phi) is 20.6. The summed E-state index contributed by atoms with van der Waals surface area (Å²) < 4.78 is 21.7. The second kappa shape index (κ2) is 23.1. The number of Topliss-reactive ketones (excluding diaryl/α,β-unsaturated/α-hetero) is 3. The highest BCUT2D eigenvalue weighted by Crippen LogP contribution is 2.39. The normalized spacial score (nSPS) is 14.5. The lowest BCUT2D eigenvalue weighted by molar-refractivity contribution is -0.147. The number of methoxy groups -OCH3 is 1. The molecule has 1 heterocycles. The van der Waals surface area contributed by atoms with Gasteiger partial charge in [-0.15, -0.1) is 0 Å². The third-order valence-electron chi connectivity index (χ3n) is 8.19. The zero-order valence-corrected chi connectivity index (χ0v) is 31.6. The first-order chi connectivity index (χ1) is 24.3. The lowest BCUT2D eigenvalue weighted by atomic mass is 9.85. The summed E-state index contributed by atoms with van der Waals surface area (Å²) in [5.74, 6) is -7.92. The number of hydrogen-bond acceptors (Lipinski definition) is 12.